The van der Waals surface area contributed by atoms with Crippen LogP contribution in [0.4, 0.5) is 17.1 Å². The van der Waals surface area contributed by atoms with Crippen LogP contribution < -0.4 is 10.1 Å². The fraction of sp³-hybridized carbons (Fsp3) is 0.318. The van der Waals surface area contributed by atoms with Gasteiger partial charge in [-0.2, -0.15) is 4.31 Å². The van der Waals surface area contributed by atoms with Crippen molar-refractivity contribution in [2.75, 3.05) is 32.6 Å². The topological polar surface area (TPSA) is 128 Å². The van der Waals surface area contributed by atoms with Crippen LogP contribution in [0.25, 0.3) is 6.08 Å². The SMILES string of the molecule is COC(=O)/C=C/c1ccc(Nc2ccc(OC)c(S(=O)(=O)N3CCCCC3)c2)c([N+](=O)[O-])c1. The second kappa shape index (κ2) is 10.5. The van der Waals surface area contributed by atoms with E-state index >= 15 is 0 Å². The summed E-state index contributed by atoms with van der Waals surface area (Å²) >= 11 is 0. The normalized spacial score (nSPS) is 14.7. The minimum Gasteiger partial charge on any atom is -0.495 e. The Kier molecular flexibility index (Phi) is 7.67. The minimum absolute atomic E-state index is 0.00261. The van der Waals surface area contributed by atoms with Gasteiger partial charge in [-0.25, -0.2) is 13.2 Å². The summed E-state index contributed by atoms with van der Waals surface area (Å²) in [5.74, 6) is -0.385. The quantitative estimate of drug-likeness (QED) is 0.265. The lowest BCUT2D eigenvalue weighted by atomic mass is 10.1. The van der Waals surface area contributed by atoms with Gasteiger partial charge in [0.2, 0.25) is 10.0 Å². The van der Waals surface area contributed by atoms with Gasteiger partial charge in [0.15, 0.2) is 0 Å². The van der Waals surface area contributed by atoms with E-state index in [1.54, 1.807) is 12.1 Å². The number of carbonyl (C=O) groups is 1. The Morgan fingerprint density at radius 2 is 1.85 bits per heavy atom. The first-order valence-corrected chi connectivity index (χ1v) is 11.7. The standard InChI is InChI=1S/C22H25N3O7S/c1-31-20-10-8-17(15-21(20)33(29,30)24-12-4-3-5-13-24)23-18-9-6-16(7-11-22(26)32-2)14-19(18)25(27)28/h6-11,14-15,23H,3-5,12-13H2,1-2H3/b11-7+. The summed E-state index contributed by atoms with van der Waals surface area (Å²) in [6.45, 7) is 0.879. The fourth-order valence-electron chi connectivity index (χ4n) is 3.50. The van der Waals surface area contributed by atoms with Crippen molar-refractivity contribution in [3.63, 3.8) is 0 Å². The van der Waals surface area contributed by atoms with Crippen LogP contribution in [0.2, 0.25) is 0 Å². The largest absolute Gasteiger partial charge is 0.495 e. The first kappa shape index (κ1) is 24.2. The van der Waals surface area contributed by atoms with E-state index in [1.807, 2.05) is 0 Å². The molecule has 0 aromatic heterocycles. The third-order valence-corrected chi connectivity index (χ3v) is 7.13. The molecule has 3 rings (SSSR count). The molecule has 1 aliphatic rings. The maximum atomic E-state index is 13.2. The molecular formula is C22H25N3O7S. The molecule has 0 atom stereocenters. The molecule has 0 amide bonds. The van der Waals surface area contributed by atoms with Crippen LogP contribution in [-0.2, 0) is 19.6 Å². The van der Waals surface area contributed by atoms with Gasteiger partial charge in [-0.3, -0.25) is 10.1 Å². The van der Waals surface area contributed by atoms with Crippen LogP contribution in [0.5, 0.6) is 5.75 Å². The first-order chi connectivity index (χ1) is 15.8. The monoisotopic (exact) mass is 475 g/mol. The Hall–Kier alpha value is -3.44. The van der Waals surface area contributed by atoms with E-state index < -0.39 is 20.9 Å². The highest BCUT2D eigenvalue weighted by atomic mass is 32.2. The molecular weight excluding hydrogens is 450 g/mol. The number of nitro benzene ring substituents is 1. The number of ether oxygens (including phenoxy) is 2. The predicted octanol–water partition coefficient (Wildman–Crippen LogP) is 3.71. The lowest BCUT2D eigenvalue weighted by molar-refractivity contribution is -0.383. The summed E-state index contributed by atoms with van der Waals surface area (Å²) < 4.78 is 37.6. The van der Waals surface area contributed by atoms with Crippen molar-refractivity contribution in [2.24, 2.45) is 0 Å². The molecule has 0 radical (unpaired) electrons. The van der Waals surface area contributed by atoms with E-state index in [9.17, 15) is 23.3 Å². The third-order valence-electron chi connectivity index (χ3n) is 5.21. The van der Waals surface area contributed by atoms with Crippen LogP contribution in [0.3, 0.4) is 0 Å². The van der Waals surface area contributed by atoms with E-state index in [4.69, 9.17) is 4.74 Å². The van der Waals surface area contributed by atoms with Crippen LogP contribution >= 0.6 is 0 Å². The van der Waals surface area contributed by atoms with Crippen LogP contribution in [0.1, 0.15) is 24.8 Å². The molecule has 1 heterocycles. The number of hydrogen-bond donors (Lipinski definition) is 1. The summed E-state index contributed by atoms with van der Waals surface area (Å²) in [5, 5.41) is 14.5. The van der Waals surface area contributed by atoms with E-state index in [2.05, 4.69) is 10.1 Å². The minimum atomic E-state index is -3.79. The summed E-state index contributed by atoms with van der Waals surface area (Å²) in [6, 6.07) is 8.89. The molecule has 1 aliphatic heterocycles. The van der Waals surface area contributed by atoms with Gasteiger partial charge < -0.3 is 14.8 Å². The zero-order valence-electron chi connectivity index (χ0n) is 18.3. The second-order valence-corrected chi connectivity index (χ2v) is 9.25. The molecule has 11 heteroatoms. The number of nitrogens with one attached hydrogen (secondary N) is 1. The number of carbonyl (C=O) groups excluding carboxylic acids is 1. The lowest BCUT2D eigenvalue weighted by Crippen LogP contribution is -2.35. The first-order valence-electron chi connectivity index (χ1n) is 10.3. The average Bonchev–Trinajstić information content (AvgIpc) is 2.83. The molecule has 0 aliphatic carbocycles. The van der Waals surface area contributed by atoms with Gasteiger partial charge in [-0.05, 0) is 48.7 Å². The summed E-state index contributed by atoms with van der Waals surface area (Å²) in [6.07, 6.45) is 5.14. The number of benzene rings is 2. The number of esters is 1. The number of rotatable bonds is 8. The molecule has 2 aromatic rings. The molecule has 1 N–H and O–H groups in total. The van der Waals surface area contributed by atoms with Crippen molar-refractivity contribution in [2.45, 2.75) is 24.2 Å². The van der Waals surface area contributed by atoms with Crippen molar-refractivity contribution in [1.29, 1.82) is 0 Å². The van der Waals surface area contributed by atoms with Gasteiger partial charge in [-0.1, -0.05) is 12.5 Å². The fourth-order valence-corrected chi connectivity index (χ4v) is 5.20. The molecule has 0 saturated carbocycles. The number of anilines is 2. The Morgan fingerprint density at radius 1 is 1.12 bits per heavy atom. The zero-order chi connectivity index (χ0) is 24.0. The summed E-state index contributed by atoms with van der Waals surface area (Å²) in [5.41, 5.74) is 0.716. The van der Waals surface area contributed by atoms with Gasteiger partial charge >= 0.3 is 5.97 Å². The second-order valence-electron chi connectivity index (χ2n) is 7.35. The predicted molar refractivity (Wildman–Crippen MR) is 123 cm³/mol. The summed E-state index contributed by atoms with van der Waals surface area (Å²) in [7, 11) is -1.16. The Morgan fingerprint density at radius 3 is 2.48 bits per heavy atom. The van der Waals surface area contributed by atoms with Crippen LogP contribution in [0.15, 0.2) is 47.4 Å². The van der Waals surface area contributed by atoms with Crippen molar-refractivity contribution in [3.8, 4) is 5.75 Å². The van der Waals surface area contributed by atoms with Gasteiger partial charge in [0.05, 0.1) is 19.1 Å². The molecule has 1 saturated heterocycles. The number of sulfonamides is 1. The molecule has 176 valence electrons. The molecule has 0 spiro atoms. The Bertz CT molecular complexity index is 1170. The Labute approximate surface area is 192 Å². The highest BCUT2D eigenvalue weighted by Crippen LogP contribution is 2.34. The van der Waals surface area contributed by atoms with Crippen molar-refractivity contribution in [1.82, 2.24) is 4.31 Å². The number of methoxy groups -OCH3 is 2. The number of piperidine rings is 1. The lowest BCUT2D eigenvalue weighted by Gasteiger charge is -2.26. The molecule has 0 unspecified atom stereocenters. The zero-order valence-corrected chi connectivity index (χ0v) is 19.1. The van der Waals surface area contributed by atoms with E-state index in [-0.39, 0.29) is 22.0 Å². The molecule has 10 nitrogen and oxygen atoms in total. The maximum Gasteiger partial charge on any atom is 0.330 e. The maximum absolute atomic E-state index is 13.2. The molecule has 2 aromatic carbocycles. The third kappa shape index (κ3) is 5.68. The van der Waals surface area contributed by atoms with Gasteiger partial charge in [0.25, 0.3) is 5.69 Å². The van der Waals surface area contributed by atoms with Crippen LogP contribution in [0, 0.1) is 10.1 Å². The number of nitro groups is 1. The Balaban J connectivity index is 1.95. The van der Waals surface area contributed by atoms with E-state index in [0.717, 1.165) is 25.3 Å². The molecule has 33 heavy (non-hydrogen) atoms. The van der Waals surface area contributed by atoms with Crippen molar-refractivity contribution >= 4 is 39.1 Å². The van der Waals surface area contributed by atoms with Crippen molar-refractivity contribution < 1.29 is 27.6 Å². The number of nitrogens with zero attached hydrogens (tertiary/aromatic N) is 2. The smallest absolute Gasteiger partial charge is 0.330 e. The highest BCUT2D eigenvalue weighted by molar-refractivity contribution is 7.89. The van der Waals surface area contributed by atoms with Crippen molar-refractivity contribution in [3.05, 3.63) is 58.2 Å². The molecule has 0 bridgehead atoms. The van der Waals surface area contributed by atoms with Gasteiger partial charge in [-0.15, -0.1) is 0 Å². The highest BCUT2D eigenvalue weighted by Gasteiger charge is 2.29. The van der Waals surface area contributed by atoms with E-state index in [0.29, 0.717) is 24.3 Å². The summed E-state index contributed by atoms with van der Waals surface area (Å²) in [4.78, 5) is 22.3. The van der Waals surface area contributed by atoms with Crippen LogP contribution in [-0.4, -0.2) is 50.9 Å². The average molecular weight is 476 g/mol. The van der Waals surface area contributed by atoms with E-state index in [1.165, 1.54) is 48.9 Å². The molecule has 1 fully saturated rings. The number of hydrogen-bond acceptors (Lipinski definition) is 8. The van der Waals surface area contributed by atoms with Gasteiger partial charge in [0.1, 0.15) is 16.3 Å². The van der Waals surface area contributed by atoms with Gasteiger partial charge in [0, 0.05) is 30.9 Å².